The van der Waals surface area contributed by atoms with Gasteiger partial charge in [-0.05, 0) is 43.4 Å². The van der Waals surface area contributed by atoms with Crippen LogP contribution in [0.1, 0.15) is 102 Å². The first-order chi connectivity index (χ1) is 22.1. The highest BCUT2D eigenvalue weighted by Crippen LogP contribution is 2.15. The zero-order valence-electron chi connectivity index (χ0n) is 31.0. The van der Waals surface area contributed by atoms with Gasteiger partial charge in [0, 0.05) is 5.92 Å². The largest absolute Gasteiger partial charge is 0.469 e. The Balaban J connectivity index is 5.61. The van der Waals surface area contributed by atoms with Crippen LogP contribution in [0.3, 0.4) is 0 Å². The fourth-order valence-electron chi connectivity index (χ4n) is 4.95. The molecule has 14 heteroatoms. The van der Waals surface area contributed by atoms with Gasteiger partial charge in [0.1, 0.15) is 18.1 Å². The molecule has 0 aromatic carbocycles. The van der Waals surface area contributed by atoms with E-state index in [0.717, 1.165) is 0 Å². The van der Waals surface area contributed by atoms with Crippen molar-refractivity contribution >= 4 is 35.5 Å². The molecule has 0 aromatic heterocycles. The number of aliphatic hydroxyl groups is 2. The Morgan fingerprint density at radius 1 is 0.542 bits per heavy atom. The highest BCUT2D eigenvalue weighted by atomic mass is 16.5. The zero-order valence-corrected chi connectivity index (χ0v) is 31.0. The Bertz CT molecular complexity index is 1060. The van der Waals surface area contributed by atoms with E-state index in [2.05, 4.69) is 31.3 Å². The lowest BCUT2D eigenvalue weighted by Crippen LogP contribution is -2.59. The van der Waals surface area contributed by atoms with Gasteiger partial charge in [0.15, 0.2) is 0 Å². The number of hydrogen-bond donors (Lipinski definition) is 7. The van der Waals surface area contributed by atoms with Crippen LogP contribution >= 0.6 is 0 Å². The predicted molar refractivity (Wildman–Crippen MR) is 182 cm³/mol. The minimum atomic E-state index is -1.32. The number of nitrogens with one attached hydrogen (secondary N) is 5. The molecule has 0 saturated carbocycles. The quantitative estimate of drug-likeness (QED) is 0.0863. The third-order valence-corrected chi connectivity index (χ3v) is 7.82. The van der Waals surface area contributed by atoms with Gasteiger partial charge in [-0.15, -0.1) is 0 Å². The number of carbonyl (C=O) groups is 6. The van der Waals surface area contributed by atoms with Gasteiger partial charge in [-0.25, -0.2) is 0 Å². The summed E-state index contributed by atoms with van der Waals surface area (Å²) in [6.07, 6.45) is -2.54. The minimum absolute atomic E-state index is 0.0238. The summed E-state index contributed by atoms with van der Waals surface area (Å²) in [4.78, 5) is 76.5. The van der Waals surface area contributed by atoms with E-state index in [1.807, 2.05) is 27.7 Å². The zero-order chi connectivity index (χ0) is 37.5. The third-order valence-electron chi connectivity index (χ3n) is 7.82. The summed E-state index contributed by atoms with van der Waals surface area (Å²) in [5.74, 6) is -3.99. The Labute approximate surface area is 286 Å². The average molecular weight is 686 g/mol. The summed E-state index contributed by atoms with van der Waals surface area (Å²) in [5, 5.41) is 35.1. The fourth-order valence-corrected chi connectivity index (χ4v) is 4.95. The van der Waals surface area contributed by atoms with Crippen molar-refractivity contribution in [1.29, 1.82) is 0 Å². The summed E-state index contributed by atoms with van der Waals surface area (Å²) in [5.41, 5.74) is 0. The molecule has 7 N–H and O–H groups in total. The Kier molecular flexibility index (Phi) is 20.2. The lowest BCUT2D eigenvalue weighted by atomic mass is 9.95. The highest BCUT2D eigenvalue weighted by molar-refractivity contribution is 5.93. The summed E-state index contributed by atoms with van der Waals surface area (Å²) in [6.45, 7) is 19.6. The second-order valence-electron chi connectivity index (χ2n) is 14.5. The SMILES string of the molecule is COC(=O)C[C@H](O)[C@H](CC(C)C)NC(=O)[C@H](C)NC(=O)C[C@H](O)[C@H](CC(C)C)NC(=O)[C@@H](NC(=O)C(NC(=O)C(C)C)C(C)C)C(C)C. The van der Waals surface area contributed by atoms with E-state index in [1.165, 1.54) is 14.0 Å². The number of rotatable bonds is 21. The van der Waals surface area contributed by atoms with E-state index in [9.17, 15) is 39.0 Å². The predicted octanol–water partition coefficient (Wildman–Crippen LogP) is 1.17. The van der Waals surface area contributed by atoms with Crippen LogP contribution in [0.4, 0.5) is 0 Å². The topological polar surface area (TPSA) is 212 Å². The maximum absolute atomic E-state index is 13.5. The van der Waals surface area contributed by atoms with Gasteiger partial charge in [-0.1, -0.05) is 69.2 Å². The van der Waals surface area contributed by atoms with Crippen molar-refractivity contribution in [2.45, 2.75) is 144 Å². The van der Waals surface area contributed by atoms with E-state index in [0.29, 0.717) is 12.8 Å². The van der Waals surface area contributed by atoms with Crippen molar-refractivity contribution in [2.75, 3.05) is 7.11 Å². The van der Waals surface area contributed by atoms with Crippen LogP contribution in [-0.2, 0) is 33.5 Å². The molecule has 1 unspecified atom stereocenters. The minimum Gasteiger partial charge on any atom is -0.469 e. The molecular weight excluding hydrogens is 622 g/mol. The monoisotopic (exact) mass is 685 g/mol. The van der Waals surface area contributed by atoms with Crippen LogP contribution in [-0.4, -0.2) is 95.2 Å². The number of ether oxygens (including phenoxy) is 1. The molecule has 14 nitrogen and oxygen atoms in total. The molecule has 7 atom stereocenters. The second kappa shape index (κ2) is 21.7. The third kappa shape index (κ3) is 16.7. The van der Waals surface area contributed by atoms with Crippen LogP contribution in [0, 0.1) is 29.6 Å². The van der Waals surface area contributed by atoms with Crippen molar-refractivity contribution in [3.05, 3.63) is 0 Å². The average Bonchev–Trinajstić information content (AvgIpc) is 2.96. The van der Waals surface area contributed by atoms with E-state index in [4.69, 9.17) is 0 Å². The van der Waals surface area contributed by atoms with Gasteiger partial charge in [0.05, 0.1) is 44.2 Å². The molecule has 0 fully saturated rings. The van der Waals surface area contributed by atoms with Crippen LogP contribution < -0.4 is 26.6 Å². The molecule has 0 saturated heterocycles. The van der Waals surface area contributed by atoms with Crippen LogP contribution in [0.5, 0.6) is 0 Å². The molecule has 5 amide bonds. The highest BCUT2D eigenvalue weighted by Gasteiger charge is 2.34. The number of esters is 1. The molecule has 0 spiro atoms. The normalized spacial score (nSPS) is 16.1. The smallest absolute Gasteiger partial charge is 0.308 e. The number of amides is 5. The first kappa shape index (κ1) is 44.7. The molecule has 48 heavy (non-hydrogen) atoms. The standard InChI is InChI=1S/C34H63N5O9/c1-17(2)13-23(37-33(46)29(19(5)6)39-34(47)30(20(7)8)38-31(44)21(9)10)25(40)15-27(42)35-22(11)32(45)36-24(14-18(3)4)26(41)16-28(43)48-12/h17-26,29-30,40-41H,13-16H2,1-12H3,(H,35,42)(H,36,45)(H,37,46)(H,38,44)(H,39,47)/t22-,23-,24-,25-,26-,29-,30?/m0/s1. The van der Waals surface area contributed by atoms with Crippen molar-refractivity contribution in [3.63, 3.8) is 0 Å². The van der Waals surface area contributed by atoms with Gasteiger partial charge < -0.3 is 41.5 Å². The molecule has 0 heterocycles. The molecule has 278 valence electrons. The summed E-state index contributed by atoms with van der Waals surface area (Å²) in [7, 11) is 1.20. The number of carbonyl (C=O) groups excluding carboxylic acids is 6. The van der Waals surface area contributed by atoms with Gasteiger partial charge in [-0.3, -0.25) is 28.8 Å². The van der Waals surface area contributed by atoms with Crippen molar-refractivity contribution in [1.82, 2.24) is 26.6 Å². The molecule has 0 aliphatic carbocycles. The maximum Gasteiger partial charge on any atom is 0.308 e. The Morgan fingerprint density at radius 2 is 0.938 bits per heavy atom. The molecule has 0 aliphatic heterocycles. The van der Waals surface area contributed by atoms with Gasteiger partial charge in [0.2, 0.25) is 29.5 Å². The molecule has 0 radical (unpaired) electrons. The first-order valence-corrected chi connectivity index (χ1v) is 17.0. The maximum atomic E-state index is 13.5. The molecule has 0 aromatic rings. The fraction of sp³-hybridized carbons (Fsp3) is 0.824. The second-order valence-corrected chi connectivity index (χ2v) is 14.5. The van der Waals surface area contributed by atoms with Gasteiger partial charge >= 0.3 is 5.97 Å². The van der Waals surface area contributed by atoms with E-state index in [1.54, 1.807) is 41.5 Å². The number of hydrogen-bond acceptors (Lipinski definition) is 9. The van der Waals surface area contributed by atoms with Crippen LogP contribution in [0.25, 0.3) is 0 Å². The van der Waals surface area contributed by atoms with Crippen molar-refractivity contribution in [2.24, 2.45) is 29.6 Å². The lowest BCUT2D eigenvalue weighted by Gasteiger charge is -2.31. The summed E-state index contributed by atoms with van der Waals surface area (Å²) < 4.78 is 4.61. The Hall–Kier alpha value is -3.26. The van der Waals surface area contributed by atoms with Crippen LogP contribution in [0.2, 0.25) is 0 Å². The lowest BCUT2D eigenvalue weighted by molar-refractivity contribution is -0.144. The molecule has 0 rings (SSSR count). The first-order valence-electron chi connectivity index (χ1n) is 17.0. The van der Waals surface area contributed by atoms with Crippen molar-refractivity contribution in [3.8, 4) is 0 Å². The molecular formula is C34H63N5O9. The molecule has 0 bridgehead atoms. The number of aliphatic hydroxyl groups excluding tert-OH is 2. The number of methoxy groups -OCH3 is 1. The summed E-state index contributed by atoms with van der Waals surface area (Å²) in [6, 6.07) is -4.48. The van der Waals surface area contributed by atoms with Crippen molar-refractivity contribution < 1.29 is 43.7 Å². The van der Waals surface area contributed by atoms with Gasteiger partial charge in [-0.2, -0.15) is 0 Å². The van der Waals surface area contributed by atoms with Crippen LogP contribution in [0.15, 0.2) is 0 Å². The van der Waals surface area contributed by atoms with E-state index >= 15 is 0 Å². The van der Waals surface area contributed by atoms with E-state index in [-0.39, 0.29) is 41.9 Å². The summed E-state index contributed by atoms with van der Waals surface area (Å²) >= 11 is 0. The van der Waals surface area contributed by atoms with Gasteiger partial charge in [0.25, 0.3) is 0 Å². The molecule has 0 aliphatic rings. The Morgan fingerprint density at radius 3 is 1.33 bits per heavy atom. The van der Waals surface area contributed by atoms with E-state index < -0.39 is 78.4 Å².